The number of halogens is 1. The summed E-state index contributed by atoms with van der Waals surface area (Å²) < 4.78 is 30.9. The Hall–Kier alpha value is -3.07. The maximum Gasteiger partial charge on any atom is 0.188 e. The highest BCUT2D eigenvalue weighted by molar-refractivity contribution is 5.95. The third kappa shape index (κ3) is 4.56. The molecule has 0 atom stereocenters. The Labute approximate surface area is 157 Å². The van der Waals surface area contributed by atoms with E-state index in [-0.39, 0.29) is 19.0 Å². The number of rotatable bonds is 6. The molecule has 3 aromatic rings. The van der Waals surface area contributed by atoms with Crippen LogP contribution in [-0.2, 0) is 11.3 Å². The van der Waals surface area contributed by atoms with Crippen molar-refractivity contribution < 1.29 is 23.7 Å². The number of hydrogen-bond acceptors (Lipinski definition) is 4. The second-order valence-electron chi connectivity index (χ2n) is 5.73. The molecule has 4 nitrogen and oxygen atoms in total. The number of fused-ring (bicyclic) bond motifs is 1. The van der Waals surface area contributed by atoms with Gasteiger partial charge in [0.25, 0.3) is 0 Å². The molecule has 3 rings (SSSR count). The average Bonchev–Trinajstić information content (AvgIpc) is 2.70. The van der Waals surface area contributed by atoms with Crippen LogP contribution >= 0.6 is 0 Å². The van der Waals surface area contributed by atoms with Gasteiger partial charge in [0, 0.05) is 18.6 Å². The number of hydrogen-bond donors (Lipinski definition) is 1. The fourth-order valence-corrected chi connectivity index (χ4v) is 2.68. The number of methoxy groups -OCH3 is 1. The molecule has 138 valence electrons. The summed E-state index contributed by atoms with van der Waals surface area (Å²) in [6, 6.07) is 16.1. The first-order valence-electron chi connectivity index (χ1n) is 8.37. The van der Waals surface area contributed by atoms with Crippen LogP contribution in [0.25, 0.3) is 10.8 Å². The van der Waals surface area contributed by atoms with Gasteiger partial charge in [-0.1, -0.05) is 48.2 Å². The molecular formula is C22H19FO4. The summed E-state index contributed by atoms with van der Waals surface area (Å²) in [5.41, 5.74) is 1.16. The monoisotopic (exact) mass is 366 g/mol. The second kappa shape index (κ2) is 9.04. The van der Waals surface area contributed by atoms with Crippen LogP contribution in [0.4, 0.5) is 4.39 Å². The summed E-state index contributed by atoms with van der Waals surface area (Å²) in [4.78, 5) is 0. The molecule has 0 aromatic heterocycles. The Morgan fingerprint density at radius 2 is 1.85 bits per heavy atom. The molecule has 27 heavy (non-hydrogen) atoms. The van der Waals surface area contributed by atoms with Crippen LogP contribution in [-0.4, -0.2) is 25.6 Å². The Bertz CT molecular complexity index is 974. The SMILES string of the molecule is COCOc1cc(OCc2ccccc2)c2c(C#CCO)c(F)ccc2c1. The van der Waals surface area contributed by atoms with E-state index in [1.165, 1.54) is 13.2 Å². The minimum Gasteiger partial charge on any atom is -0.488 e. The molecule has 5 heteroatoms. The van der Waals surface area contributed by atoms with Gasteiger partial charge in [0.05, 0.1) is 5.56 Å². The molecule has 0 heterocycles. The Morgan fingerprint density at radius 3 is 2.59 bits per heavy atom. The minimum absolute atomic E-state index is 0.0853. The van der Waals surface area contributed by atoms with E-state index in [2.05, 4.69) is 11.8 Å². The van der Waals surface area contributed by atoms with Crippen LogP contribution in [0.2, 0.25) is 0 Å². The van der Waals surface area contributed by atoms with E-state index in [9.17, 15) is 4.39 Å². The van der Waals surface area contributed by atoms with Gasteiger partial charge in [-0.05, 0) is 23.1 Å². The minimum atomic E-state index is -0.474. The molecule has 0 fully saturated rings. The van der Waals surface area contributed by atoms with Crippen molar-refractivity contribution in [2.24, 2.45) is 0 Å². The molecule has 0 aliphatic carbocycles. The van der Waals surface area contributed by atoms with E-state index in [1.54, 1.807) is 18.2 Å². The number of ether oxygens (including phenoxy) is 3. The van der Waals surface area contributed by atoms with Crippen LogP contribution in [0, 0.1) is 17.7 Å². The second-order valence-corrected chi connectivity index (χ2v) is 5.73. The Kier molecular flexibility index (Phi) is 6.26. The first-order chi connectivity index (χ1) is 13.2. The predicted molar refractivity (Wildman–Crippen MR) is 101 cm³/mol. The van der Waals surface area contributed by atoms with Gasteiger partial charge in [-0.3, -0.25) is 0 Å². The summed E-state index contributed by atoms with van der Waals surface area (Å²) in [5.74, 6) is 5.71. The number of benzene rings is 3. The summed E-state index contributed by atoms with van der Waals surface area (Å²) in [6.45, 7) is 0.0418. The molecule has 0 amide bonds. The van der Waals surface area contributed by atoms with Crippen molar-refractivity contribution in [1.29, 1.82) is 0 Å². The molecule has 1 N–H and O–H groups in total. The topological polar surface area (TPSA) is 47.9 Å². The number of aliphatic hydroxyl groups is 1. The smallest absolute Gasteiger partial charge is 0.188 e. The van der Waals surface area contributed by atoms with Crippen LogP contribution in [0.15, 0.2) is 54.6 Å². The van der Waals surface area contributed by atoms with E-state index in [0.29, 0.717) is 23.5 Å². The zero-order valence-corrected chi connectivity index (χ0v) is 14.9. The normalized spacial score (nSPS) is 10.3. The summed E-state index contributed by atoms with van der Waals surface area (Å²) >= 11 is 0. The molecule has 3 aromatic carbocycles. The van der Waals surface area contributed by atoms with Crippen molar-refractivity contribution in [3.8, 4) is 23.3 Å². The third-order valence-corrected chi connectivity index (χ3v) is 3.88. The maximum absolute atomic E-state index is 14.4. The van der Waals surface area contributed by atoms with Crippen LogP contribution in [0.5, 0.6) is 11.5 Å². The first-order valence-corrected chi connectivity index (χ1v) is 8.37. The van der Waals surface area contributed by atoms with Gasteiger partial charge in [-0.15, -0.1) is 0 Å². The van der Waals surface area contributed by atoms with Crippen molar-refractivity contribution in [2.45, 2.75) is 6.61 Å². The van der Waals surface area contributed by atoms with Gasteiger partial charge in [0.1, 0.15) is 30.5 Å². The standard InChI is InChI=1S/C22H19FO4/c1-25-15-27-18-12-17-9-10-20(23)19(8-5-11-24)22(17)21(13-18)26-14-16-6-3-2-4-7-16/h2-4,6-7,9-10,12-13,24H,11,14-15H2,1H3. The zero-order valence-electron chi connectivity index (χ0n) is 14.9. The molecule has 0 spiro atoms. The van der Waals surface area contributed by atoms with Crippen LogP contribution in [0.3, 0.4) is 0 Å². The maximum atomic E-state index is 14.4. The Morgan fingerprint density at radius 1 is 1.04 bits per heavy atom. The van der Waals surface area contributed by atoms with Gasteiger partial charge < -0.3 is 19.3 Å². The highest BCUT2D eigenvalue weighted by Crippen LogP contribution is 2.35. The van der Waals surface area contributed by atoms with Crippen molar-refractivity contribution in [3.05, 3.63) is 71.5 Å². The zero-order chi connectivity index (χ0) is 19.1. The summed E-state index contributed by atoms with van der Waals surface area (Å²) in [6.07, 6.45) is 0. The van der Waals surface area contributed by atoms with Gasteiger partial charge in [0.15, 0.2) is 6.79 Å². The van der Waals surface area contributed by atoms with Crippen molar-refractivity contribution in [3.63, 3.8) is 0 Å². The molecule has 0 aliphatic heterocycles. The molecule has 0 saturated heterocycles. The highest BCUT2D eigenvalue weighted by atomic mass is 19.1. The molecule has 0 radical (unpaired) electrons. The fourth-order valence-electron chi connectivity index (χ4n) is 2.68. The quantitative estimate of drug-likeness (QED) is 0.531. The molecule has 0 bridgehead atoms. The van der Waals surface area contributed by atoms with E-state index < -0.39 is 5.82 Å². The van der Waals surface area contributed by atoms with E-state index >= 15 is 0 Å². The molecule has 0 unspecified atom stereocenters. The largest absolute Gasteiger partial charge is 0.488 e. The van der Waals surface area contributed by atoms with Crippen molar-refractivity contribution >= 4 is 10.8 Å². The van der Waals surface area contributed by atoms with Gasteiger partial charge >= 0.3 is 0 Å². The molecular weight excluding hydrogens is 347 g/mol. The van der Waals surface area contributed by atoms with Crippen LogP contribution in [0.1, 0.15) is 11.1 Å². The lowest BCUT2D eigenvalue weighted by molar-refractivity contribution is 0.0510. The molecule has 0 aliphatic rings. The van der Waals surface area contributed by atoms with E-state index in [1.807, 2.05) is 30.3 Å². The summed E-state index contributed by atoms with van der Waals surface area (Å²) in [5, 5.41) is 10.2. The van der Waals surface area contributed by atoms with Crippen LogP contribution < -0.4 is 9.47 Å². The predicted octanol–water partition coefficient (Wildman–Crippen LogP) is 3.88. The average molecular weight is 366 g/mol. The highest BCUT2D eigenvalue weighted by Gasteiger charge is 2.14. The third-order valence-electron chi connectivity index (χ3n) is 3.88. The fraction of sp³-hybridized carbons (Fsp3) is 0.182. The van der Waals surface area contributed by atoms with Gasteiger partial charge in [-0.2, -0.15) is 0 Å². The van der Waals surface area contributed by atoms with Crippen molar-refractivity contribution in [1.82, 2.24) is 0 Å². The molecule has 0 saturated carbocycles. The Balaban J connectivity index is 2.08. The lowest BCUT2D eigenvalue weighted by Crippen LogP contribution is -2.02. The number of aliphatic hydroxyl groups excluding tert-OH is 1. The van der Waals surface area contributed by atoms with Crippen molar-refractivity contribution in [2.75, 3.05) is 20.5 Å². The lowest BCUT2D eigenvalue weighted by atomic mass is 10.0. The van der Waals surface area contributed by atoms with Gasteiger partial charge in [0.2, 0.25) is 0 Å². The lowest BCUT2D eigenvalue weighted by Gasteiger charge is -2.14. The van der Waals surface area contributed by atoms with E-state index in [4.69, 9.17) is 19.3 Å². The first kappa shape index (κ1) is 18.7. The summed E-state index contributed by atoms with van der Waals surface area (Å²) in [7, 11) is 1.53. The van der Waals surface area contributed by atoms with E-state index in [0.717, 1.165) is 10.9 Å². The van der Waals surface area contributed by atoms with Gasteiger partial charge in [-0.25, -0.2) is 4.39 Å².